The van der Waals surface area contributed by atoms with Crippen molar-refractivity contribution in [3.8, 4) is 5.75 Å². The Morgan fingerprint density at radius 3 is 2.00 bits per heavy atom. The van der Waals surface area contributed by atoms with Gasteiger partial charge in [-0.2, -0.15) is 0 Å². The molecule has 0 saturated carbocycles. The third-order valence-electron chi connectivity index (χ3n) is 5.17. The van der Waals surface area contributed by atoms with Crippen LogP contribution in [0.5, 0.6) is 5.75 Å². The molecule has 0 amide bonds. The Morgan fingerprint density at radius 2 is 1.40 bits per heavy atom. The van der Waals surface area contributed by atoms with E-state index in [1.54, 1.807) is 0 Å². The largest absolute Gasteiger partial charge is 0.489 e. The van der Waals surface area contributed by atoms with E-state index in [2.05, 4.69) is 0 Å². The third-order valence-corrected chi connectivity index (χ3v) is 5.17. The van der Waals surface area contributed by atoms with Gasteiger partial charge in [-0.3, -0.25) is 4.79 Å². The van der Waals surface area contributed by atoms with Crippen LogP contribution in [0.3, 0.4) is 0 Å². The molecule has 0 aliphatic heterocycles. The van der Waals surface area contributed by atoms with Gasteiger partial charge in [0.25, 0.3) is 0 Å². The molecule has 156 valence electrons. The fourth-order valence-electron chi connectivity index (χ4n) is 3.44. The Balaban J connectivity index is 1.49. The van der Waals surface area contributed by atoms with Gasteiger partial charge in [-0.1, -0.05) is 72.8 Å². The Kier molecular flexibility index (Phi) is 8.04. The number of aryl methyl sites for hydroxylation is 1. The number of ether oxygens (including phenoxy) is 1. The number of aliphatic hydroxyl groups excluding tert-OH is 1. The standard InChI is InChI=1S/C26H28O4/c27-24(14-11-20-7-3-1-4-8-20)18-23(26(28)29)17-21-12-15-25(16-13-21)30-19-22-9-5-2-6-10-22/h1-10,12-13,15-16,23-24,27H,11,14,17-19H2,(H,28,29)/t23-,24+/m1/s1. The molecule has 0 bridgehead atoms. The summed E-state index contributed by atoms with van der Waals surface area (Å²) in [5.41, 5.74) is 3.16. The molecular formula is C26H28O4. The molecule has 2 atom stereocenters. The number of benzene rings is 3. The number of aliphatic hydroxyl groups is 1. The molecule has 2 N–H and O–H groups in total. The summed E-state index contributed by atoms with van der Waals surface area (Å²) in [5, 5.41) is 19.9. The van der Waals surface area contributed by atoms with E-state index in [1.165, 1.54) is 0 Å². The van der Waals surface area contributed by atoms with E-state index in [4.69, 9.17) is 4.74 Å². The zero-order valence-electron chi connectivity index (χ0n) is 17.0. The van der Waals surface area contributed by atoms with Crippen LogP contribution in [0.25, 0.3) is 0 Å². The van der Waals surface area contributed by atoms with Crippen LogP contribution in [-0.4, -0.2) is 22.3 Å². The number of carboxylic acids is 1. The maximum atomic E-state index is 11.7. The molecule has 0 aliphatic rings. The highest BCUT2D eigenvalue weighted by Gasteiger charge is 2.22. The lowest BCUT2D eigenvalue weighted by Crippen LogP contribution is -2.23. The number of hydrogen-bond acceptors (Lipinski definition) is 3. The van der Waals surface area contributed by atoms with Crippen molar-refractivity contribution < 1.29 is 19.7 Å². The first kappa shape index (κ1) is 21.6. The van der Waals surface area contributed by atoms with E-state index < -0.39 is 18.0 Å². The molecule has 3 rings (SSSR count). The summed E-state index contributed by atoms with van der Waals surface area (Å²) in [5.74, 6) is -0.748. The summed E-state index contributed by atoms with van der Waals surface area (Å²) < 4.78 is 5.78. The molecule has 3 aromatic rings. The number of carboxylic acid groups (broad SMARTS) is 1. The van der Waals surface area contributed by atoms with Crippen molar-refractivity contribution in [3.63, 3.8) is 0 Å². The average Bonchev–Trinajstić information content (AvgIpc) is 2.78. The lowest BCUT2D eigenvalue weighted by Gasteiger charge is -2.17. The quantitative estimate of drug-likeness (QED) is 0.477. The van der Waals surface area contributed by atoms with Crippen LogP contribution >= 0.6 is 0 Å². The molecule has 0 aliphatic carbocycles. The summed E-state index contributed by atoms with van der Waals surface area (Å²) >= 11 is 0. The molecule has 0 aromatic heterocycles. The average molecular weight is 405 g/mol. The van der Waals surface area contributed by atoms with Gasteiger partial charge >= 0.3 is 5.97 Å². The molecular weight excluding hydrogens is 376 g/mol. The van der Waals surface area contributed by atoms with E-state index in [0.29, 0.717) is 19.4 Å². The van der Waals surface area contributed by atoms with Gasteiger partial charge < -0.3 is 14.9 Å². The minimum Gasteiger partial charge on any atom is -0.489 e. The predicted molar refractivity (Wildman–Crippen MR) is 117 cm³/mol. The zero-order valence-corrected chi connectivity index (χ0v) is 17.0. The second-order valence-corrected chi connectivity index (χ2v) is 7.57. The molecule has 4 heteroatoms. The Labute approximate surface area is 177 Å². The van der Waals surface area contributed by atoms with Crippen molar-refractivity contribution in [2.45, 2.75) is 38.4 Å². The van der Waals surface area contributed by atoms with Crippen LogP contribution in [0.4, 0.5) is 0 Å². The molecule has 0 radical (unpaired) electrons. The zero-order chi connectivity index (χ0) is 21.2. The molecule has 0 unspecified atom stereocenters. The van der Waals surface area contributed by atoms with Crippen molar-refractivity contribution in [1.29, 1.82) is 0 Å². The first-order chi connectivity index (χ1) is 14.6. The molecule has 0 fully saturated rings. The van der Waals surface area contributed by atoms with Gasteiger partial charge in [0.2, 0.25) is 0 Å². The fourth-order valence-corrected chi connectivity index (χ4v) is 3.44. The van der Waals surface area contributed by atoms with Crippen LogP contribution in [0.2, 0.25) is 0 Å². The number of carbonyl (C=O) groups is 1. The molecule has 0 heterocycles. The monoisotopic (exact) mass is 404 g/mol. The lowest BCUT2D eigenvalue weighted by atomic mass is 9.91. The van der Waals surface area contributed by atoms with Gasteiger partial charge in [-0.25, -0.2) is 0 Å². The Morgan fingerprint density at radius 1 is 0.800 bits per heavy atom. The van der Waals surface area contributed by atoms with Crippen LogP contribution in [0, 0.1) is 5.92 Å². The summed E-state index contributed by atoms with van der Waals surface area (Å²) in [6.07, 6.45) is 1.28. The summed E-state index contributed by atoms with van der Waals surface area (Å²) in [6, 6.07) is 27.4. The van der Waals surface area contributed by atoms with Crippen molar-refractivity contribution >= 4 is 5.97 Å². The first-order valence-corrected chi connectivity index (χ1v) is 10.3. The van der Waals surface area contributed by atoms with Crippen LogP contribution in [0.15, 0.2) is 84.9 Å². The van der Waals surface area contributed by atoms with Crippen LogP contribution in [-0.2, 0) is 24.2 Å². The number of hydrogen-bond donors (Lipinski definition) is 2. The SMILES string of the molecule is O=C(O)[C@H](Cc1ccc(OCc2ccccc2)cc1)C[C@@H](O)CCc1ccccc1. The van der Waals surface area contributed by atoms with Gasteiger partial charge in [0, 0.05) is 0 Å². The number of rotatable bonds is 11. The van der Waals surface area contributed by atoms with Crippen molar-refractivity contribution in [1.82, 2.24) is 0 Å². The van der Waals surface area contributed by atoms with Crippen molar-refractivity contribution in [2.75, 3.05) is 0 Å². The van der Waals surface area contributed by atoms with Crippen LogP contribution < -0.4 is 4.74 Å². The molecule has 0 spiro atoms. The van der Waals surface area contributed by atoms with Gasteiger partial charge in [-0.15, -0.1) is 0 Å². The minimum atomic E-state index is -0.877. The second kappa shape index (κ2) is 11.2. The highest BCUT2D eigenvalue weighted by molar-refractivity contribution is 5.70. The van der Waals surface area contributed by atoms with Gasteiger partial charge in [-0.05, 0) is 54.5 Å². The lowest BCUT2D eigenvalue weighted by molar-refractivity contribution is -0.142. The first-order valence-electron chi connectivity index (χ1n) is 10.3. The molecule has 0 saturated heterocycles. The predicted octanol–water partition coefficient (Wildman–Crippen LogP) is 4.89. The van der Waals surface area contributed by atoms with E-state index >= 15 is 0 Å². The topological polar surface area (TPSA) is 66.8 Å². The maximum absolute atomic E-state index is 11.7. The fraction of sp³-hybridized carbons (Fsp3) is 0.269. The maximum Gasteiger partial charge on any atom is 0.306 e. The highest BCUT2D eigenvalue weighted by Crippen LogP contribution is 2.20. The third kappa shape index (κ3) is 7.05. The summed E-state index contributed by atoms with van der Waals surface area (Å²) in [4.78, 5) is 11.7. The summed E-state index contributed by atoms with van der Waals surface area (Å²) in [7, 11) is 0. The van der Waals surface area contributed by atoms with Crippen molar-refractivity contribution in [2.24, 2.45) is 5.92 Å². The molecule has 4 nitrogen and oxygen atoms in total. The Hall–Kier alpha value is -3.11. The normalized spacial score (nSPS) is 12.8. The number of aliphatic carboxylic acids is 1. The smallest absolute Gasteiger partial charge is 0.306 e. The molecule has 30 heavy (non-hydrogen) atoms. The second-order valence-electron chi connectivity index (χ2n) is 7.57. The highest BCUT2D eigenvalue weighted by atomic mass is 16.5. The Bertz CT molecular complexity index is 891. The van der Waals surface area contributed by atoms with E-state index in [-0.39, 0.29) is 6.42 Å². The van der Waals surface area contributed by atoms with Gasteiger partial charge in [0.15, 0.2) is 0 Å². The minimum absolute atomic E-state index is 0.244. The van der Waals surface area contributed by atoms with E-state index in [9.17, 15) is 15.0 Å². The van der Waals surface area contributed by atoms with Crippen LogP contribution in [0.1, 0.15) is 29.5 Å². The van der Waals surface area contributed by atoms with E-state index in [1.807, 2.05) is 84.9 Å². The van der Waals surface area contributed by atoms with Crippen molar-refractivity contribution in [3.05, 3.63) is 102 Å². The molecule has 3 aromatic carbocycles. The van der Waals surface area contributed by atoms with Gasteiger partial charge in [0.1, 0.15) is 12.4 Å². The van der Waals surface area contributed by atoms with E-state index in [0.717, 1.165) is 28.9 Å². The summed E-state index contributed by atoms with van der Waals surface area (Å²) in [6.45, 7) is 0.492. The van der Waals surface area contributed by atoms with Gasteiger partial charge in [0.05, 0.1) is 12.0 Å².